The van der Waals surface area contributed by atoms with Gasteiger partial charge in [-0.05, 0) is 85.3 Å². The van der Waals surface area contributed by atoms with E-state index in [9.17, 15) is 16.8 Å². The minimum atomic E-state index is -3.91. The van der Waals surface area contributed by atoms with E-state index >= 15 is 0 Å². The second kappa shape index (κ2) is 17.1. The fourth-order valence-corrected chi connectivity index (χ4v) is 11.7. The predicted octanol–water partition coefficient (Wildman–Crippen LogP) is 8.91. The van der Waals surface area contributed by atoms with Gasteiger partial charge in [0.25, 0.3) is 20.0 Å². The van der Waals surface area contributed by atoms with Gasteiger partial charge in [0.1, 0.15) is 0 Å². The molecule has 4 aromatic heterocycles. The number of pyridine rings is 2. The molecule has 0 amide bonds. The summed E-state index contributed by atoms with van der Waals surface area (Å²) < 4.78 is 57.1. The Labute approximate surface area is 390 Å². The quantitative estimate of drug-likeness (QED) is 0.135. The van der Waals surface area contributed by atoms with E-state index < -0.39 is 30.9 Å². The summed E-state index contributed by atoms with van der Waals surface area (Å²) in [6.07, 6.45) is 18.3. The van der Waals surface area contributed by atoms with E-state index in [0.717, 1.165) is 55.9 Å². The molecule has 14 heteroatoms. The molecule has 2 atom stereocenters. The average molecular weight is 925 g/mol. The van der Waals surface area contributed by atoms with Crippen LogP contribution in [0.1, 0.15) is 68.7 Å². The minimum Gasteiger partial charge on any atom is -0.382 e. The summed E-state index contributed by atoms with van der Waals surface area (Å²) in [5.41, 5.74) is 13.8. The van der Waals surface area contributed by atoms with Crippen molar-refractivity contribution in [1.82, 2.24) is 28.3 Å². The molecule has 11 rings (SSSR count). The first-order valence-electron chi connectivity index (χ1n) is 22.1. The van der Waals surface area contributed by atoms with Crippen LogP contribution >= 0.6 is 0 Å². The number of nitrogens with zero attached hydrogens (tertiary/aromatic N) is 6. The van der Waals surface area contributed by atoms with E-state index in [1.807, 2.05) is 123 Å². The maximum Gasteiger partial charge on any atom is 0.283 e. The predicted molar refractivity (Wildman–Crippen MR) is 261 cm³/mol. The highest BCUT2D eigenvalue weighted by atomic mass is 32.2. The fourth-order valence-electron chi connectivity index (χ4n) is 9.08. The van der Waals surface area contributed by atoms with Crippen molar-refractivity contribution in [3.05, 3.63) is 226 Å². The number of nitrogen functional groups attached to an aromatic ring is 1. The number of fused-ring (bicyclic) bond motifs is 2. The summed E-state index contributed by atoms with van der Waals surface area (Å²) >= 11 is 0. The first-order valence-corrected chi connectivity index (χ1v) is 25.0. The summed E-state index contributed by atoms with van der Waals surface area (Å²) in [4.78, 5) is 9.10. The van der Waals surface area contributed by atoms with Crippen LogP contribution in [0.15, 0.2) is 180 Å². The second-order valence-corrected chi connectivity index (χ2v) is 20.9. The Morgan fingerprint density at radius 2 is 0.985 bits per heavy atom. The molecule has 0 saturated heterocycles. The third-order valence-electron chi connectivity index (χ3n) is 12.9. The third-order valence-corrected chi connectivity index (χ3v) is 16.2. The first kappa shape index (κ1) is 43.5. The molecule has 3 aliphatic carbocycles. The SMILES string of the molecule is Cc1ccc(S(=O)(=O)n2nc(N)c3c2CC(c2ccccc2)(c2cccnc2)C=C3)cc1.Cc1ccc(S(=O)(=O)n2nc(NC3CC3)c3c2CC(c2ccccc2)(c2cccnc2)C=C3)cc1. The number of allylic oxidation sites excluding steroid dienone is 2. The summed E-state index contributed by atoms with van der Waals surface area (Å²) in [6.45, 7) is 3.85. The van der Waals surface area contributed by atoms with Gasteiger partial charge >= 0.3 is 0 Å². The Kier molecular flexibility index (Phi) is 11.1. The molecular formula is C53H48N8O4S2. The highest BCUT2D eigenvalue weighted by Gasteiger charge is 2.42. The van der Waals surface area contributed by atoms with E-state index in [1.165, 1.54) is 4.09 Å². The van der Waals surface area contributed by atoms with E-state index in [-0.39, 0.29) is 15.6 Å². The molecule has 3 aliphatic rings. The van der Waals surface area contributed by atoms with Crippen molar-refractivity contribution in [1.29, 1.82) is 0 Å². The third kappa shape index (κ3) is 7.95. The number of aromatic nitrogens is 6. The van der Waals surface area contributed by atoms with Crippen LogP contribution in [0, 0.1) is 13.8 Å². The molecule has 3 N–H and O–H groups in total. The van der Waals surface area contributed by atoms with Gasteiger partial charge in [0, 0.05) is 65.6 Å². The summed E-state index contributed by atoms with van der Waals surface area (Å²) in [7, 11) is -7.81. The zero-order chi connectivity index (χ0) is 46.4. The summed E-state index contributed by atoms with van der Waals surface area (Å²) in [5, 5.41) is 12.3. The van der Waals surface area contributed by atoms with Crippen molar-refractivity contribution in [2.24, 2.45) is 0 Å². The van der Waals surface area contributed by atoms with Crippen LogP contribution < -0.4 is 11.1 Å². The molecule has 0 bridgehead atoms. The van der Waals surface area contributed by atoms with Crippen molar-refractivity contribution < 1.29 is 16.8 Å². The summed E-state index contributed by atoms with van der Waals surface area (Å²) in [5.74, 6) is 0.821. The average Bonchev–Trinajstić information content (AvgIpc) is 4.03. The monoisotopic (exact) mass is 924 g/mol. The smallest absolute Gasteiger partial charge is 0.283 e. The molecule has 8 aromatic rings. The zero-order valence-electron chi connectivity index (χ0n) is 36.9. The maximum atomic E-state index is 13.9. The topological polar surface area (TPSA) is 168 Å². The minimum absolute atomic E-state index is 0.176. The van der Waals surface area contributed by atoms with Crippen LogP contribution in [-0.2, 0) is 43.7 Å². The largest absolute Gasteiger partial charge is 0.382 e. The highest BCUT2D eigenvalue weighted by Crippen LogP contribution is 2.45. The van der Waals surface area contributed by atoms with Gasteiger partial charge in [-0.3, -0.25) is 9.97 Å². The van der Waals surface area contributed by atoms with Crippen molar-refractivity contribution in [3.8, 4) is 0 Å². The van der Waals surface area contributed by atoms with Crippen molar-refractivity contribution in [2.45, 2.75) is 66.2 Å². The van der Waals surface area contributed by atoms with Crippen LogP contribution in [0.2, 0.25) is 0 Å². The Hall–Kier alpha value is -7.42. The van der Waals surface area contributed by atoms with Gasteiger partial charge in [-0.1, -0.05) is 132 Å². The number of hydrogen-bond acceptors (Lipinski definition) is 10. The normalized spacial score (nSPS) is 18.6. The van der Waals surface area contributed by atoms with Crippen molar-refractivity contribution >= 4 is 43.8 Å². The lowest BCUT2D eigenvalue weighted by Crippen LogP contribution is -2.32. The Bertz CT molecular complexity index is 3290. The number of hydrogen-bond donors (Lipinski definition) is 2. The highest BCUT2D eigenvalue weighted by molar-refractivity contribution is 7.90. The first-order chi connectivity index (χ1) is 32.4. The van der Waals surface area contributed by atoms with Gasteiger partial charge in [0.15, 0.2) is 11.6 Å². The number of nitrogens with one attached hydrogen (secondary N) is 1. The van der Waals surface area contributed by atoms with E-state index in [4.69, 9.17) is 5.73 Å². The van der Waals surface area contributed by atoms with Crippen LogP contribution in [0.25, 0.3) is 12.2 Å². The van der Waals surface area contributed by atoms with Crippen LogP contribution in [0.3, 0.4) is 0 Å². The van der Waals surface area contributed by atoms with Crippen LogP contribution in [0.4, 0.5) is 11.6 Å². The second-order valence-electron chi connectivity index (χ2n) is 17.4. The van der Waals surface area contributed by atoms with Gasteiger partial charge in [-0.2, -0.15) is 25.0 Å². The fraction of sp³-hybridized carbons (Fsp3) is 0.170. The van der Waals surface area contributed by atoms with E-state index in [2.05, 4.69) is 49.8 Å². The molecule has 2 unspecified atom stereocenters. The Morgan fingerprint density at radius 3 is 1.43 bits per heavy atom. The molecule has 0 aliphatic heterocycles. The van der Waals surface area contributed by atoms with Crippen LogP contribution in [0.5, 0.6) is 0 Å². The molecule has 4 aromatic carbocycles. The standard InChI is InChI=1S/C28H26N4O2S.C25H22N4O2S/c1-20-9-13-24(14-10-20)35(33,34)32-26-18-28(21-6-3-2-4-7-21,22-8-5-17-29-19-22)16-15-25(26)27(31-32)30-23-11-12-23;1-18-9-11-21(12-10-18)32(30,31)29-23-16-25(19-6-3-2-4-7-19,20-8-5-15-27-17-20)14-13-22(23)24(26)28-29/h2-10,13-17,19,23H,11-12,18H2,1H3,(H,30,31);2-15,17H,16H2,1H3,(H2,26,28). The molecule has 67 heavy (non-hydrogen) atoms. The summed E-state index contributed by atoms with van der Waals surface area (Å²) in [6, 6.07) is 42.1. The lowest BCUT2D eigenvalue weighted by Gasteiger charge is -2.34. The van der Waals surface area contributed by atoms with Gasteiger partial charge < -0.3 is 11.1 Å². The Balaban J connectivity index is 0.000000157. The number of benzene rings is 4. The van der Waals surface area contributed by atoms with Gasteiger partial charge in [-0.25, -0.2) is 0 Å². The number of nitrogens with two attached hydrogens (primary N) is 1. The maximum absolute atomic E-state index is 13.9. The number of rotatable bonds is 10. The lowest BCUT2D eigenvalue weighted by molar-refractivity contribution is 0.563. The van der Waals surface area contributed by atoms with Gasteiger partial charge in [0.05, 0.1) is 21.2 Å². The van der Waals surface area contributed by atoms with Crippen molar-refractivity contribution in [2.75, 3.05) is 11.1 Å². The van der Waals surface area contributed by atoms with E-state index in [1.54, 1.807) is 48.8 Å². The molecule has 4 heterocycles. The zero-order valence-corrected chi connectivity index (χ0v) is 38.6. The molecule has 1 saturated carbocycles. The molecule has 1 fully saturated rings. The van der Waals surface area contributed by atoms with E-state index in [0.29, 0.717) is 41.7 Å². The number of aryl methyl sites for hydroxylation is 2. The van der Waals surface area contributed by atoms with Crippen LogP contribution in [-0.4, -0.2) is 51.2 Å². The molecule has 12 nitrogen and oxygen atoms in total. The Morgan fingerprint density at radius 1 is 0.552 bits per heavy atom. The molecular weight excluding hydrogens is 877 g/mol. The molecule has 0 spiro atoms. The number of anilines is 2. The van der Waals surface area contributed by atoms with Gasteiger partial charge in [0.2, 0.25) is 0 Å². The lowest BCUT2D eigenvalue weighted by atomic mass is 9.69. The molecule has 336 valence electrons. The van der Waals surface area contributed by atoms with Crippen molar-refractivity contribution in [3.63, 3.8) is 0 Å². The van der Waals surface area contributed by atoms with Gasteiger partial charge in [-0.15, -0.1) is 10.2 Å². The molecule has 0 radical (unpaired) electrons.